The first-order valence-electron chi connectivity index (χ1n) is 10.0. The third-order valence-electron chi connectivity index (χ3n) is 5.31. The molecule has 0 spiro atoms. The second kappa shape index (κ2) is 8.53. The van der Waals surface area contributed by atoms with Crippen LogP contribution >= 0.6 is 0 Å². The highest BCUT2D eigenvalue weighted by Crippen LogP contribution is 2.28. The van der Waals surface area contributed by atoms with E-state index < -0.39 is 12.0 Å². The number of aliphatic hydroxyl groups excluding tert-OH is 1. The highest BCUT2D eigenvalue weighted by Gasteiger charge is 2.35. The molecule has 4 rings (SSSR count). The van der Waals surface area contributed by atoms with Crippen molar-refractivity contribution < 1.29 is 18.6 Å². The maximum Gasteiger partial charge on any atom is 0.260 e. The van der Waals surface area contributed by atoms with Gasteiger partial charge >= 0.3 is 0 Å². The second-order valence-electron chi connectivity index (χ2n) is 7.82. The lowest BCUT2D eigenvalue weighted by Crippen LogP contribution is -2.46. The summed E-state index contributed by atoms with van der Waals surface area (Å²) >= 11 is 0. The van der Waals surface area contributed by atoms with Crippen molar-refractivity contribution in [3.05, 3.63) is 65.1 Å². The molecule has 0 aliphatic carbocycles. The van der Waals surface area contributed by atoms with Crippen molar-refractivity contribution in [1.82, 2.24) is 9.88 Å². The SMILES string of the molecule is O=c1ccc(-c2ccc3ccc(OCC(O)CN4CCCC(F)(F)C4)cc3c2)c[nH]1. The number of pyridine rings is 1. The zero-order chi connectivity index (χ0) is 21.1. The summed E-state index contributed by atoms with van der Waals surface area (Å²) < 4.78 is 32.7. The molecule has 1 saturated heterocycles. The Labute approximate surface area is 172 Å². The molecule has 1 aliphatic rings. The molecule has 3 aromatic rings. The average Bonchev–Trinajstić information content (AvgIpc) is 2.71. The van der Waals surface area contributed by atoms with Crippen LogP contribution in [0.4, 0.5) is 8.78 Å². The lowest BCUT2D eigenvalue weighted by atomic mass is 10.0. The predicted octanol–water partition coefficient (Wildman–Crippen LogP) is 3.67. The Morgan fingerprint density at radius 2 is 1.90 bits per heavy atom. The highest BCUT2D eigenvalue weighted by molar-refractivity contribution is 5.88. The molecule has 2 aromatic carbocycles. The van der Waals surface area contributed by atoms with Crippen LogP contribution in [0.2, 0.25) is 0 Å². The number of H-pyrrole nitrogens is 1. The molecule has 1 fully saturated rings. The number of aliphatic hydroxyl groups is 1. The van der Waals surface area contributed by atoms with E-state index in [9.17, 15) is 18.7 Å². The number of β-amino-alcohol motifs (C(OH)–C–C–N with tert-alkyl or cyclic N) is 1. The van der Waals surface area contributed by atoms with Crippen LogP contribution in [-0.2, 0) is 0 Å². The highest BCUT2D eigenvalue weighted by atomic mass is 19.3. The van der Waals surface area contributed by atoms with Crippen molar-refractivity contribution in [2.24, 2.45) is 0 Å². The van der Waals surface area contributed by atoms with Gasteiger partial charge in [0.1, 0.15) is 18.5 Å². The van der Waals surface area contributed by atoms with E-state index in [1.54, 1.807) is 17.2 Å². The first-order chi connectivity index (χ1) is 14.4. The minimum atomic E-state index is -2.68. The molecule has 1 aromatic heterocycles. The van der Waals surface area contributed by atoms with Crippen molar-refractivity contribution in [3.8, 4) is 16.9 Å². The molecule has 0 amide bonds. The first-order valence-corrected chi connectivity index (χ1v) is 10.0. The summed E-state index contributed by atoms with van der Waals surface area (Å²) in [5.74, 6) is -2.08. The lowest BCUT2D eigenvalue weighted by Gasteiger charge is -2.33. The van der Waals surface area contributed by atoms with Gasteiger partial charge in [-0.2, -0.15) is 0 Å². The van der Waals surface area contributed by atoms with E-state index in [0.717, 1.165) is 21.9 Å². The smallest absolute Gasteiger partial charge is 0.260 e. The molecule has 2 N–H and O–H groups in total. The fraction of sp³-hybridized carbons (Fsp3) is 0.348. The van der Waals surface area contributed by atoms with Gasteiger partial charge in [0.2, 0.25) is 5.56 Å². The van der Waals surface area contributed by atoms with Crippen LogP contribution in [0.3, 0.4) is 0 Å². The van der Waals surface area contributed by atoms with Crippen molar-refractivity contribution in [3.63, 3.8) is 0 Å². The fourth-order valence-electron chi connectivity index (χ4n) is 3.83. The van der Waals surface area contributed by atoms with Gasteiger partial charge in [0.25, 0.3) is 5.92 Å². The van der Waals surface area contributed by atoms with E-state index >= 15 is 0 Å². The van der Waals surface area contributed by atoms with Gasteiger partial charge < -0.3 is 14.8 Å². The number of alkyl halides is 2. The van der Waals surface area contributed by atoms with Crippen LogP contribution < -0.4 is 10.3 Å². The van der Waals surface area contributed by atoms with Crippen LogP contribution in [0.25, 0.3) is 21.9 Å². The number of nitrogens with zero attached hydrogens (tertiary/aromatic N) is 1. The molecule has 5 nitrogen and oxygen atoms in total. The van der Waals surface area contributed by atoms with Gasteiger partial charge in [-0.15, -0.1) is 0 Å². The number of halogens is 2. The molecule has 0 saturated carbocycles. The fourth-order valence-corrected chi connectivity index (χ4v) is 3.83. The van der Waals surface area contributed by atoms with Gasteiger partial charge in [-0.1, -0.05) is 18.2 Å². The summed E-state index contributed by atoms with van der Waals surface area (Å²) in [6.07, 6.45) is 1.17. The average molecular weight is 414 g/mol. The van der Waals surface area contributed by atoms with E-state index in [-0.39, 0.29) is 31.7 Å². The Kier molecular flexibility index (Phi) is 5.83. The number of fused-ring (bicyclic) bond motifs is 1. The Bertz CT molecular complexity index is 1060. The van der Waals surface area contributed by atoms with E-state index in [0.29, 0.717) is 18.7 Å². The van der Waals surface area contributed by atoms with Crippen LogP contribution in [0.15, 0.2) is 59.5 Å². The minimum absolute atomic E-state index is 0.0349. The molecule has 0 bridgehead atoms. The predicted molar refractivity (Wildman–Crippen MR) is 112 cm³/mol. The minimum Gasteiger partial charge on any atom is -0.491 e. The molecular formula is C23H24F2N2O3. The second-order valence-corrected chi connectivity index (χ2v) is 7.82. The molecule has 158 valence electrons. The van der Waals surface area contributed by atoms with Crippen molar-refractivity contribution >= 4 is 10.8 Å². The van der Waals surface area contributed by atoms with Gasteiger partial charge in [0.05, 0.1) is 6.54 Å². The monoisotopic (exact) mass is 414 g/mol. The number of benzene rings is 2. The zero-order valence-corrected chi connectivity index (χ0v) is 16.5. The number of aromatic nitrogens is 1. The van der Waals surface area contributed by atoms with Crippen LogP contribution in [0.5, 0.6) is 5.75 Å². The summed E-state index contributed by atoms with van der Waals surface area (Å²) in [7, 11) is 0. The van der Waals surface area contributed by atoms with E-state index in [1.165, 1.54) is 6.07 Å². The lowest BCUT2D eigenvalue weighted by molar-refractivity contribution is -0.0737. The molecule has 1 atom stereocenters. The third kappa shape index (κ3) is 5.04. The number of rotatable bonds is 6. The summed E-state index contributed by atoms with van der Waals surface area (Å²) in [6, 6.07) is 14.9. The van der Waals surface area contributed by atoms with Gasteiger partial charge in [-0.3, -0.25) is 9.69 Å². The summed E-state index contributed by atoms with van der Waals surface area (Å²) in [5.41, 5.74) is 1.71. The molecular weight excluding hydrogens is 390 g/mol. The molecule has 7 heteroatoms. The zero-order valence-electron chi connectivity index (χ0n) is 16.5. The molecule has 1 aliphatic heterocycles. The maximum absolute atomic E-state index is 13.5. The third-order valence-corrected chi connectivity index (χ3v) is 5.31. The van der Waals surface area contributed by atoms with Gasteiger partial charge in [-0.05, 0) is 59.1 Å². The normalized spacial score (nSPS) is 17.7. The van der Waals surface area contributed by atoms with Gasteiger partial charge in [-0.25, -0.2) is 8.78 Å². The molecule has 30 heavy (non-hydrogen) atoms. The largest absolute Gasteiger partial charge is 0.491 e. The van der Waals surface area contributed by atoms with E-state index in [4.69, 9.17) is 4.74 Å². The number of hydrogen-bond donors (Lipinski definition) is 2. The Balaban J connectivity index is 1.41. The van der Waals surface area contributed by atoms with Crippen LogP contribution in [0, 0.1) is 0 Å². The molecule has 2 heterocycles. The quantitative estimate of drug-likeness (QED) is 0.646. The first kappa shape index (κ1) is 20.5. The standard InChI is InChI=1S/C23H24F2N2O3/c24-23(25)8-1-9-27(15-23)13-20(28)14-30-21-6-4-16-2-3-17(10-19(16)11-21)18-5-7-22(29)26-12-18/h2-7,10-12,20,28H,1,8-9,13-15H2,(H,26,29). The topological polar surface area (TPSA) is 65.6 Å². The Morgan fingerprint density at radius 3 is 2.67 bits per heavy atom. The number of piperidine rings is 1. The Morgan fingerprint density at radius 1 is 1.10 bits per heavy atom. The molecule has 0 radical (unpaired) electrons. The summed E-state index contributed by atoms with van der Waals surface area (Å²) in [6.45, 7) is 0.455. The maximum atomic E-state index is 13.5. The van der Waals surface area contributed by atoms with Gasteiger partial charge in [0.15, 0.2) is 0 Å². The Hall–Kier alpha value is -2.77. The van der Waals surface area contributed by atoms with Crippen molar-refractivity contribution in [1.29, 1.82) is 0 Å². The number of nitrogens with one attached hydrogen (secondary N) is 1. The summed E-state index contributed by atoms with van der Waals surface area (Å²) in [4.78, 5) is 15.5. The number of likely N-dealkylation sites (tertiary alicyclic amines) is 1. The van der Waals surface area contributed by atoms with E-state index in [1.807, 2.05) is 36.4 Å². The number of aromatic amines is 1. The summed E-state index contributed by atoms with van der Waals surface area (Å²) in [5, 5.41) is 12.2. The number of ether oxygens (including phenoxy) is 1. The number of hydrogen-bond acceptors (Lipinski definition) is 4. The molecule has 1 unspecified atom stereocenters. The van der Waals surface area contributed by atoms with Crippen molar-refractivity contribution in [2.75, 3.05) is 26.2 Å². The van der Waals surface area contributed by atoms with Crippen molar-refractivity contribution in [2.45, 2.75) is 24.9 Å². The van der Waals surface area contributed by atoms with E-state index in [2.05, 4.69) is 4.98 Å². The van der Waals surface area contributed by atoms with Crippen LogP contribution in [0.1, 0.15) is 12.8 Å². The van der Waals surface area contributed by atoms with Crippen LogP contribution in [-0.4, -0.2) is 53.3 Å². The van der Waals surface area contributed by atoms with Gasteiger partial charge in [0, 0.05) is 25.2 Å².